The fourth-order valence-corrected chi connectivity index (χ4v) is 1.54. The summed E-state index contributed by atoms with van der Waals surface area (Å²) < 4.78 is 30.3. The topological polar surface area (TPSA) is 52.0 Å². The van der Waals surface area contributed by atoms with Crippen molar-refractivity contribution in [2.75, 3.05) is 5.73 Å². The summed E-state index contributed by atoms with van der Waals surface area (Å²) >= 11 is 0. The largest absolute Gasteiger partial charge is 0.367 e. The second kappa shape index (κ2) is 3.92. The molecular formula is C11H10F2N2O. The van der Waals surface area contributed by atoms with Gasteiger partial charge in [-0.2, -0.15) is 0 Å². The molecule has 0 aliphatic rings. The summed E-state index contributed by atoms with van der Waals surface area (Å²) in [6.07, 6.45) is -1.21. The highest BCUT2D eigenvalue weighted by molar-refractivity contribution is 5.75. The number of alkyl halides is 2. The Morgan fingerprint density at radius 2 is 2.06 bits per heavy atom. The Hall–Kier alpha value is -1.91. The molecule has 3 nitrogen and oxygen atoms in total. The number of aromatic nitrogens is 1. The van der Waals surface area contributed by atoms with Gasteiger partial charge in [-0.25, -0.2) is 8.78 Å². The first-order valence-electron chi connectivity index (χ1n) is 4.69. The number of hydrogen-bond acceptors (Lipinski definition) is 3. The van der Waals surface area contributed by atoms with E-state index in [2.05, 4.69) is 9.68 Å². The van der Waals surface area contributed by atoms with Gasteiger partial charge in [0.15, 0.2) is 0 Å². The molecule has 0 saturated carbocycles. The number of benzene rings is 1. The Morgan fingerprint density at radius 3 is 2.62 bits per heavy atom. The number of nitrogen functional groups attached to an aromatic ring is 1. The number of anilines is 1. The first-order valence-corrected chi connectivity index (χ1v) is 4.69. The second-order valence-corrected chi connectivity index (χ2v) is 3.50. The zero-order valence-corrected chi connectivity index (χ0v) is 8.58. The van der Waals surface area contributed by atoms with Crippen molar-refractivity contribution in [3.8, 4) is 11.1 Å². The lowest BCUT2D eigenvalue weighted by Crippen LogP contribution is -1.93. The van der Waals surface area contributed by atoms with E-state index in [0.717, 1.165) is 5.56 Å². The van der Waals surface area contributed by atoms with Crippen LogP contribution in [-0.2, 0) is 0 Å². The van der Waals surface area contributed by atoms with Crippen molar-refractivity contribution in [1.29, 1.82) is 0 Å². The Bertz CT molecular complexity index is 508. The molecule has 5 heteroatoms. The van der Waals surface area contributed by atoms with Gasteiger partial charge in [-0.05, 0) is 12.5 Å². The Kier molecular flexibility index (Phi) is 2.60. The second-order valence-electron chi connectivity index (χ2n) is 3.50. The molecule has 0 radical (unpaired) electrons. The Balaban J connectivity index is 2.63. The van der Waals surface area contributed by atoms with Gasteiger partial charge in [-0.3, -0.25) is 0 Å². The molecule has 1 heterocycles. The van der Waals surface area contributed by atoms with Gasteiger partial charge in [0.1, 0.15) is 0 Å². The summed E-state index contributed by atoms with van der Waals surface area (Å²) in [4.78, 5) is 0. The summed E-state index contributed by atoms with van der Waals surface area (Å²) in [5.41, 5.74) is 7.09. The fraction of sp³-hybridized carbons (Fsp3) is 0.182. The number of nitrogens with zero attached hydrogens (tertiary/aromatic N) is 1. The molecule has 2 aromatic rings. The summed E-state index contributed by atoms with van der Waals surface area (Å²) in [6.45, 7) is 1.82. The monoisotopic (exact) mass is 224 g/mol. The fourth-order valence-electron chi connectivity index (χ4n) is 1.54. The Labute approximate surface area is 90.9 Å². The van der Waals surface area contributed by atoms with Crippen LogP contribution in [-0.4, -0.2) is 5.16 Å². The van der Waals surface area contributed by atoms with E-state index in [1.807, 2.05) is 6.92 Å². The average Bonchev–Trinajstić information content (AvgIpc) is 2.63. The van der Waals surface area contributed by atoms with Gasteiger partial charge in [0, 0.05) is 5.56 Å². The maximum atomic E-state index is 12.8. The summed E-state index contributed by atoms with van der Waals surface area (Å²) in [5, 5.41) is 3.48. The highest BCUT2D eigenvalue weighted by Gasteiger charge is 2.17. The van der Waals surface area contributed by atoms with E-state index in [0.29, 0.717) is 11.1 Å². The molecule has 1 aromatic heterocycles. The molecule has 84 valence electrons. The number of hydrogen-bond donors (Lipinski definition) is 1. The van der Waals surface area contributed by atoms with Crippen LogP contribution in [0.5, 0.6) is 0 Å². The van der Waals surface area contributed by atoms with Crippen molar-refractivity contribution in [2.45, 2.75) is 13.3 Å². The number of halogens is 2. The quantitative estimate of drug-likeness (QED) is 0.852. The van der Waals surface area contributed by atoms with Crippen LogP contribution < -0.4 is 5.73 Å². The zero-order valence-electron chi connectivity index (χ0n) is 8.58. The van der Waals surface area contributed by atoms with Gasteiger partial charge in [-0.1, -0.05) is 28.9 Å². The first-order chi connectivity index (χ1) is 7.59. The van der Waals surface area contributed by atoms with Gasteiger partial charge in [-0.15, -0.1) is 0 Å². The van der Waals surface area contributed by atoms with E-state index in [4.69, 9.17) is 5.73 Å². The molecular weight excluding hydrogens is 214 g/mol. The van der Waals surface area contributed by atoms with Gasteiger partial charge >= 0.3 is 0 Å². The predicted molar refractivity (Wildman–Crippen MR) is 56.0 cm³/mol. The lowest BCUT2D eigenvalue weighted by Gasteiger charge is -2.08. The SMILES string of the molecule is Cc1ccc(C(F)F)c(-c2cnoc2N)c1. The number of rotatable bonds is 2. The van der Waals surface area contributed by atoms with E-state index in [1.54, 1.807) is 12.1 Å². The lowest BCUT2D eigenvalue weighted by atomic mass is 10.00. The molecule has 0 amide bonds. The van der Waals surface area contributed by atoms with E-state index >= 15 is 0 Å². The van der Waals surface area contributed by atoms with E-state index in [-0.39, 0.29) is 11.4 Å². The number of nitrogens with two attached hydrogens (primary N) is 1. The molecule has 0 spiro atoms. The van der Waals surface area contributed by atoms with Gasteiger partial charge in [0.05, 0.1) is 11.8 Å². The molecule has 0 atom stereocenters. The Morgan fingerprint density at radius 1 is 1.31 bits per heavy atom. The summed E-state index contributed by atoms with van der Waals surface area (Å²) in [6, 6.07) is 4.67. The highest BCUT2D eigenvalue weighted by Crippen LogP contribution is 2.34. The van der Waals surface area contributed by atoms with E-state index < -0.39 is 6.43 Å². The van der Waals surface area contributed by atoms with Crippen molar-refractivity contribution in [2.24, 2.45) is 0 Å². The van der Waals surface area contributed by atoms with Crippen molar-refractivity contribution in [1.82, 2.24) is 5.16 Å². The maximum absolute atomic E-state index is 12.8. The van der Waals surface area contributed by atoms with Crippen LogP contribution in [0.1, 0.15) is 17.6 Å². The molecule has 0 saturated heterocycles. The van der Waals surface area contributed by atoms with Crippen LogP contribution >= 0.6 is 0 Å². The highest BCUT2D eigenvalue weighted by atomic mass is 19.3. The van der Waals surface area contributed by atoms with Crippen molar-refractivity contribution < 1.29 is 13.3 Å². The zero-order chi connectivity index (χ0) is 11.7. The van der Waals surface area contributed by atoms with Gasteiger partial charge in [0.2, 0.25) is 5.88 Å². The number of aryl methyl sites for hydroxylation is 1. The van der Waals surface area contributed by atoms with Crippen LogP contribution in [0.2, 0.25) is 0 Å². The molecule has 2 N–H and O–H groups in total. The minimum absolute atomic E-state index is 0.0486. The van der Waals surface area contributed by atoms with Gasteiger partial charge < -0.3 is 10.3 Å². The third-order valence-electron chi connectivity index (χ3n) is 2.33. The van der Waals surface area contributed by atoms with Crippen LogP contribution in [0.3, 0.4) is 0 Å². The smallest absolute Gasteiger partial charge is 0.264 e. The molecule has 1 aromatic carbocycles. The van der Waals surface area contributed by atoms with Gasteiger partial charge in [0.25, 0.3) is 6.43 Å². The van der Waals surface area contributed by atoms with E-state index in [9.17, 15) is 8.78 Å². The third kappa shape index (κ3) is 1.76. The van der Waals surface area contributed by atoms with Crippen molar-refractivity contribution in [3.63, 3.8) is 0 Å². The lowest BCUT2D eigenvalue weighted by molar-refractivity contribution is 0.152. The minimum atomic E-state index is -2.55. The normalized spacial score (nSPS) is 11.0. The van der Waals surface area contributed by atoms with Crippen molar-refractivity contribution in [3.05, 3.63) is 35.5 Å². The molecule has 0 aliphatic carbocycles. The van der Waals surface area contributed by atoms with Crippen LogP contribution in [0, 0.1) is 6.92 Å². The van der Waals surface area contributed by atoms with Crippen LogP contribution in [0.25, 0.3) is 11.1 Å². The van der Waals surface area contributed by atoms with Crippen molar-refractivity contribution >= 4 is 5.88 Å². The molecule has 0 fully saturated rings. The van der Waals surface area contributed by atoms with E-state index in [1.165, 1.54) is 12.3 Å². The predicted octanol–water partition coefficient (Wildman–Crippen LogP) is 3.17. The molecule has 16 heavy (non-hydrogen) atoms. The molecule has 2 rings (SSSR count). The first kappa shape index (κ1) is 10.6. The third-order valence-corrected chi connectivity index (χ3v) is 2.33. The molecule has 0 unspecified atom stereocenters. The van der Waals surface area contributed by atoms with Crippen LogP contribution in [0.4, 0.5) is 14.7 Å². The molecule has 0 aliphatic heterocycles. The minimum Gasteiger partial charge on any atom is -0.367 e. The standard InChI is InChI=1S/C11H10F2N2O/c1-6-2-3-7(10(12)13)8(4-6)9-5-15-16-11(9)14/h2-5,10H,14H2,1H3. The maximum Gasteiger partial charge on any atom is 0.264 e. The molecule has 0 bridgehead atoms. The summed E-state index contributed by atoms with van der Waals surface area (Å²) in [5.74, 6) is 0.0486. The average molecular weight is 224 g/mol. The van der Waals surface area contributed by atoms with Crippen LogP contribution in [0.15, 0.2) is 28.9 Å². The summed E-state index contributed by atoms with van der Waals surface area (Å²) in [7, 11) is 0.